The van der Waals surface area contributed by atoms with E-state index in [0.29, 0.717) is 5.16 Å². The molecule has 0 aliphatic rings. The summed E-state index contributed by atoms with van der Waals surface area (Å²) in [6, 6.07) is 7.71. The Bertz CT molecular complexity index is 325. The van der Waals surface area contributed by atoms with E-state index < -0.39 is 0 Å². The molecule has 0 fully saturated rings. The largest absolute Gasteiger partial charge is 0.363 e. The van der Waals surface area contributed by atoms with Crippen molar-refractivity contribution in [1.82, 2.24) is 9.97 Å². The van der Waals surface area contributed by atoms with Gasteiger partial charge in [-0.2, -0.15) is 12.6 Å². The van der Waals surface area contributed by atoms with Crippen LogP contribution < -0.4 is 0 Å². The van der Waals surface area contributed by atoms with E-state index in [-0.39, 0.29) is 19.5 Å². The number of rotatable bonds is 0. The molecule has 0 atom stereocenters. The van der Waals surface area contributed by atoms with Crippen LogP contribution in [0, 0.1) is 0 Å². The number of fused-ring (bicyclic) bond motifs is 1. The molecule has 0 aliphatic carbocycles. The Morgan fingerprint density at radius 1 is 1.09 bits per heavy atom. The molecule has 0 N–H and O–H groups in total. The quantitative estimate of drug-likeness (QED) is 0.410. The van der Waals surface area contributed by atoms with Crippen molar-refractivity contribution >= 4 is 23.7 Å². The fourth-order valence-electron chi connectivity index (χ4n) is 0.894. The molecule has 2 nitrogen and oxygen atoms in total. The number of hydrogen-bond donors (Lipinski definition) is 1. The van der Waals surface area contributed by atoms with Gasteiger partial charge in [0.25, 0.3) is 0 Å². The van der Waals surface area contributed by atoms with Crippen LogP contribution in [0.2, 0.25) is 0 Å². The predicted octanol–water partition coefficient (Wildman–Crippen LogP) is 1.63. The van der Waals surface area contributed by atoms with Gasteiger partial charge in [-0.1, -0.05) is 23.2 Å². The van der Waals surface area contributed by atoms with Crippen LogP contribution in [0.15, 0.2) is 29.4 Å². The average molecular weight is 215 g/mol. The van der Waals surface area contributed by atoms with Gasteiger partial charge < -0.3 is 9.97 Å². The smallest absolute Gasteiger partial charge is 0.0686 e. The number of imidazole rings is 1. The minimum Gasteiger partial charge on any atom is -0.363 e. The second kappa shape index (κ2) is 3.37. The van der Waals surface area contributed by atoms with Crippen molar-refractivity contribution < 1.29 is 19.5 Å². The minimum atomic E-state index is 0. The molecule has 2 rings (SSSR count). The molecule has 1 heterocycles. The summed E-state index contributed by atoms with van der Waals surface area (Å²) >= 11 is 4.02. The first kappa shape index (κ1) is 8.76. The van der Waals surface area contributed by atoms with Crippen molar-refractivity contribution in [3.05, 3.63) is 24.3 Å². The van der Waals surface area contributed by atoms with E-state index in [0.717, 1.165) is 11.0 Å². The van der Waals surface area contributed by atoms with Crippen LogP contribution in [0.4, 0.5) is 0 Å². The zero-order chi connectivity index (χ0) is 6.97. The number of hydrogen-bond acceptors (Lipinski definition) is 3. The van der Waals surface area contributed by atoms with Crippen LogP contribution in [-0.4, -0.2) is 9.97 Å². The molecule has 0 unspecified atom stereocenters. The van der Waals surface area contributed by atoms with E-state index in [1.807, 2.05) is 24.3 Å². The first-order valence-corrected chi connectivity index (χ1v) is 3.39. The van der Waals surface area contributed by atoms with E-state index in [1.165, 1.54) is 0 Å². The Morgan fingerprint density at radius 3 is 2.00 bits per heavy atom. The van der Waals surface area contributed by atoms with E-state index in [2.05, 4.69) is 22.6 Å². The van der Waals surface area contributed by atoms with Crippen molar-refractivity contribution in [2.45, 2.75) is 5.16 Å². The Hall–Kier alpha value is -0.337. The fraction of sp³-hybridized carbons (Fsp3) is 0. The van der Waals surface area contributed by atoms with E-state index in [1.54, 1.807) is 0 Å². The fourth-order valence-corrected chi connectivity index (χ4v) is 1.11. The number of nitrogens with zero attached hydrogens (tertiary/aromatic N) is 2. The molecular weight excluding hydrogens is 210 g/mol. The van der Waals surface area contributed by atoms with E-state index >= 15 is 0 Å². The van der Waals surface area contributed by atoms with Crippen molar-refractivity contribution in [1.29, 1.82) is 0 Å². The maximum absolute atomic E-state index is 4.07. The summed E-state index contributed by atoms with van der Waals surface area (Å²) in [5.41, 5.74) is 1.82. The second-order valence-electron chi connectivity index (χ2n) is 2.01. The Labute approximate surface area is 82.6 Å². The third-order valence-electron chi connectivity index (χ3n) is 1.32. The van der Waals surface area contributed by atoms with Gasteiger partial charge >= 0.3 is 0 Å². The number of thiol groups is 1. The summed E-state index contributed by atoms with van der Waals surface area (Å²) in [6.45, 7) is 0. The van der Waals surface area contributed by atoms with Crippen LogP contribution in [0.3, 0.4) is 0 Å². The van der Waals surface area contributed by atoms with Crippen LogP contribution in [0.5, 0.6) is 0 Å². The molecule has 0 aliphatic heterocycles. The molecule has 0 saturated carbocycles. The molecule has 1 aromatic carbocycles. The van der Waals surface area contributed by atoms with Gasteiger partial charge in [0.2, 0.25) is 0 Å². The van der Waals surface area contributed by atoms with E-state index in [4.69, 9.17) is 0 Å². The van der Waals surface area contributed by atoms with Crippen molar-refractivity contribution in [2.24, 2.45) is 0 Å². The Balaban J connectivity index is 0.000000605. The zero-order valence-corrected chi connectivity index (χ0v) is 9.72. The zero-order valence-electron chi connectivity index (χ0n) is 5.86. The van der Waals surface area contributed by atoms with Gasteiger partial charge in [-0.15, -0.1) is 12.1 Å². The molecule has 2 aromatic rings. The van der Waals surface area contributed by atoms with Gasteiger partial charge in [0.1, 0.15) is 0 Å². The van der Waals surface area contributed by atoms with Gasteiger partial charge in [-0.05, 0) is 0 Å². The molecule has 0 amide bonds. The summed E-state index contributed by atoms with van der Waals surface area (Å²) in [5, 5.41) is 0.543. The molecule has 0 radical (unpaired) electrons. The molecule has 1 aromatic heterocycles. The molecule has 4 heteroatoms. The first-order valence-electron chi connectivity index (χ1n) is 2.95. The van der Waals surface area contributed by atoms with Crippen LogP contribution in [0.25, 0.3) is 11.0 Å². The maximum Gasteiger partial charge on any atom is 0.0686 e. The van der Waals surface area contributed by atoms with Crippen molar-refractivity contribution in [2.75, 3.05) is 0 Å². The van der Waals surface area contributed by atoms with Crippen LogP contribution in [-0.2, 0) is 19.5 Å². The number of para-hydroxylation sites is 2. The van der Waals surface area contributed by atoms with Crippen LogP contribution in [0.1, 0.15) is 0 Å². The summed E-state index contributed by atoms with van der Waals surface area (Å²) in [6.07, 6.45) is 0. The minimum absolute atomic E-state index is 0. The van der Waals surface area contributed by atoms with Crippen molar-refractivity contribution in [3.8, 4) is 0 Å². The summed E-state index contributed by atoms with van der Waals surface area (Å²) in [5.74, 6) is 0. The predicted molar refractivity (Wildman–Crippen MR) is 42.4 cm³/mol. The monoisotopic (exact) mass is 213 g/mol. The maximum atomic E-state index is 4.07. The molecule has 0 spiro atoms. The number of benzene rings is 1. The summed E-state index contributed by atoms with van der Waals surface area (Å²) in [7, 11) is 0. The third kappa shape index (κ3) is 1.63. The molecule has 11 heavy (non-hydrogen) atoms. The van der Waals surface area contributed by atoms with Crippen molar-refractivity contribution in [3.63, 3.8) is 0 Å². The standard InChI is InChI=1S/C7H5N2S.Zn/c10-7-8-5-3-1-2-4-6(5)9-7;/h1-4,10H;/q-1;. The SMILES string of the molecule is S[c-]1nc2ccccc2n1.[Zn]. The number of aromatic nitrogens is 2. The van der Waals surface area contributed by atoms with Gasteiger partial charge in [0, 0.05) is 19.5 Å². The summed E-state index contributed by atoms with van der Waals surface area (Å²) in [4.78, 5) is 8.13. The van der Waals surface area contributed by atoms with E-state index in [9.17, 15) is 0 Å². The third-order valence-corrected chi connectivity index (χ3v) is 1.52. The Kier molecular flexibility index (Phi) is 2.69. The Morgan fingerprint density at radius 2 is 1.55 bits per heavy atom. The van der Waals surface area contributed by atoms with Crippen LogP contribution >= 0.6 is 12.6 Å². The van der Waals surface area contributed by atoms with Gasteiger partial charge in [-0.25, -0.2) is 0 Å². The molecule has 52 valence electrons. The normalized spacial score (nSPS) is 9.55. The molecule has 0 saturated heterocycles. The second-order valence-corrected chi connectivity index (χ2v) is 2.41. The summed E-state index contributed by atoms with van der Waals surface area (Å²) < 4.78 is 0. The molecule has 0 bridgehead atoms. The van der Waals surface area contributed by atoms with Gasteiger partial charge in [-0.3, -0.25) is 0 Å². The topological polar surface area (TPSA) is 25.8 Å². The van der Waals surface area contributed by atoms with Gasteiger partial charge in [0.05, 0.1) is 5.16 Å². The average Bonchev–Trinajstić information content (AvgIpc) is 2.27. The van der Waals surface area contributed by atoms with Gasteiger partial charge in [0.15, 0.2) is 0 Å². The first-order chi connectivity index (χ1) is 4.86. The molecular formula is C7H5N2SZn-.